The maximum absolute atomic E-state index is 6.16. The first-order valence-electron chi connectivity index (χ1n) is 5.11. The molecule has 1 aromatic carbocycles. The van der Waals surface area contributed by atoms with E-state index in [1.807, 2.05) is 18.2 Å². The summed E-state index contributed by atoms with van der Waals surface area (Å²) in [4.78, 5) is 0.542. The van der Waals surface area contributed by atoms with Gasteiger partial charge in [0.1, 0.15) is 0 Å². The summed E-state index contributed by atoms with van der Waals surface area (Å²) in [5.74, 6) is 0. The molecule has 0 bridgehead atoms. The Bertz CT molecular complexity index is 370. The lowest BCUT2D eigenvalue weighted by Gasteiger charge is -2.18. The van der Waals surface area contributed by atoms with Crippen molar-refractivity contribution in [1.29, 1.82) is 0 Å². The summed E-state index contributed by atoms with van der Waals surface area (Å²) >= 11 is 15.8. The van der Waals surface area contributed by atoms with Crippen molar-refractivity contribution in [3.8, 4) is 0 Å². The van der Waals surface area contributed by atoms with Gasteiger partial charge in [0.25, 0.3) is 0 Å². The summed E-state index contributed by atoms with van der Waals surface area (Å²) in [6.45, 7) is 2.21. The zero-order chi connectivity index (χ0) is 11.1. The second-order valence-electron chi connectivity index (χ2n) is 4.39. The molecular weight excluding hydrogens is 295 g/mol. The van der Waals surface area contributed by atoms with Crippen LogP contribution in [0, 0.1) is 5.41 Å². The Morgan fingerprint density at radius 2 is 2.07 bits per heavy atom. The molecule has 1 aromatic rings. The molecule has 1 unspecified atom stereocenters. The fraction of sp³-hybridized carbons (Fsp3) is 0.500. The average molecular weight is 308 g/mol. The Kier molecular flexibility index (Phi) is 3.35. The van der Waals surface area contributed by atoms with E-state index in [0.29, 0.717) is 10.2 Å². The minimum Gasteiger partial charge on any atom is -0.0888 e. The van der Waals surface area contributed by atoms with Gasteiger partial charge in [-0.05, 0) is 48.4 Å². The molecule has 0 amide bonds. The molecule has 0 saturated heterocycles. The summed E-state index contributed by atoms with van der Waals surface area (Å²) in [6.07, 6.45) is 3.59. The largest absolute Gasteiger partial charge is 0.0888 e. The lowest BCUT2D eigenvalue weighted by atomic mass is 9.94. The van der Waals surface area contributed by atoms with Gasteiger partial charge in [-0.2, -0.15) is 0 Å². The van der Waals surface area contributed by atoms with Gasteiger partial charge in [0, 0.05) is 14.9 Å². The van der Waals surface area contributed by atoms with Crippen LogP contribution in [0.2, 0.25) is 10.0 Å². The highest BCUT2D eigenvalue weighted by atomic mass is 79.9. The Morgan fingerprint density at radius 1 is 1.40 bits per heavy atom. The van der Waals surface area contributed by atoms with E-state index in [2.05, 4.69) is 22.9 Å². The summed E-state index contributed by atoms with van der Waals surface area (Å²) in [6, 6.07) is 5.71. The third-order valence-electron chi connectivity index (χ3n) is 3.29. The molecule has 1 aliphatic carbocycles. The molecule has 3 heteroatoms. The fourth-order valence-electron chi connectivity index (χ4n) is 1.93. The van der Waals surface area contributed by atoms with Gasteiger partial charge in [-0.15, -0.1) is 0 Å². The molecule has 0 aliphatic heterocycles. The topological polar surface area (TPSA) is 0 Å². The Morgan fingerprint density at radius 3 is 2.60 bits per heavy atom. The monoisotopic (exact) mass is 306 g/mol. The number of halogens is 3. The lowest BCUT2D eigenvalue weighted by molar-refractivity contribution is 0.509. The van der Waals surface area contributed by atoms with Crippen LogP contribution >= 0.6 is 39.1 Å². The molecule has 82 valence electrons. The van der Waals surface area contributed by atoms with Gasteiger partial charge < -0.3 is 0 Å². The van der Waals surface area contributed by atoms with Crippen molar-refractivity contribution in [1.82, 2.24) is 0 Å². The Hall–Kier alpha value is 0.280. The smallest absolute Gasteiger partial charge is 0.0439 e. The number of alkyl halides is 1. The fourth-order valence-corrected chi connectivity index (χ4v) is 2.93. The quantitative estimate of drug-likeness (QED) is 0.682. The van der Waals surface area contributed by atoms with Gasteiger partial charge in [0.15, 0.2) is 0 Å². The van der Waals surface area contributed by atoms with Gasteiger partial charge in [-0.25, -0.2) is 0 Å². The van der Waals surface area contributed by atoms with Gasteiger partial charge in [0.05, 0.1) is 0 Å². The van der Waals surface area contributed by atoms with Gasteiger partial charge in [-0.3, -0.25) is 0 Å². The van der Waals surface area contributed by atoms with Gasteiger partial charge >= 0.3 is 0 Å². The molecule has 0 aromatic heterocycles. The van der Waals surface area contributed by atoms with Crippen LogP contribution < -0.4 is 0 Å². The lowest BCUT2D eigenvalue weighted by Crippen LogP contribution is -2.15. The molecule has 1 saturated carbocycles. The summed E-state index contributed by atoms with van der Waals surface area (Å²) in [5.41, 5.74) is 1.59. The zero-order valence-electron chi connectivity index (χ0n) is 8.56. The van der Waals surface area contributed by atoms with Crippen LogP contribution in [-0.2, 0) is 6.42 Å². The molecule has 2 rings (SSSR count). The van der Waals surface area contributed by atoms with Crippen LogP contribution in [0.25, 0.3) is 0 Å². The van der Waals surface area contributed by atoms with Crippen LogP contribution in [0.4, 0.5) is 0 Å². The van der Waals surface area contributed by atoms with E-state index < -0.39 is 0 Å². The van der Waals surface area contributed by atoms with E-state index in [4.69, 9.17) is 23.2 Å². The van der Waals surface area contributed by atoms with E-state index in [-0.39, 0.29) is 0 Å². The minimum atomic E-state index is 0.411. The second kappa shape index (κ2) is 4.27. The SMILES string of the molecule is CC(Br)C1(Cc2cc(Cl)ccc2Cl)CC1. The average Bonchev–Trinajstić information content (AvgIpc) is 2.92. The summed E-state index contributed by atoms with van der Waals surface area (Å²) < 4.78 is 0. The molecular formula is C12H13BrCl2. The molecule has 0 spiro atoms. The highest BCUT2D eigenvalue weighted by molar-refractivity contribution is 9.09. The molecule has 0 heterocycles. The normalized spacial score (nSPS) is 20.0. The van der Waals surface area contributed by atoms with Crippen LogP contribution in [0.1, 0.15) is 25.3 Å². The molecule has 0 nitrogen and oxygen atoms in total. The maximum atomic E-state index is 6.16. The minimum absolute atomic E-state index is 0.411. The molecule has 1 aliphatic rings. The van der Waals surface area contributed by atoms with Crippen molar-refractivity contribution in [3.63, 3.8) is 0 Å². The van der Waals surface area contributed by atoms with Crippen molar-refractivity contribution >= 4 is 39.1 Å². The highest BCUT2D eigenvalue weighted by Crippen LogP contribution is 2.54. The Labute approximate surface area is 109 Å². The number of rotatable bonds is 3. The van der Waals surface area contributed by atoms with E-state index in [9.17, 15) is 0 Å². The number of hydrogen-bond acceptors (Lipinski definition) is 0. The van der Waals surface area contributed by atoms with Crippen molar-refractivity contribution in [2.24, 2.45) is 5.41 Å². The van der Waals surface area contributed by atoms with Gasteiger partial charge in [0.2, 0.25) is 0 Å². The maximum Gasteiger partial charge on any atom is 0.0439 e. The van der Waals surface area contributed by atoms with Crippen molar-refractivity contribution in [2.75, 3.05) is 0 Å². The number of benzene rings is 1. The first-order chi connectivity index (χ1) is 7.03. The molecule has 15 heavy (non-hydrogen) atoms. The van der Waals surface area contributed by atoms with Crippen molar-refractivity contribution in [2.45, 2.75) is 31.0 Å². The first kappa shape index (κ1) is 11.8. The van der Waals surface area contributed by atoms with E-state index >= 15 is 0 Å². The van der Waals surface area contributed by atoms with Crippen LogP contribution in [0.5, 0.6) is 0 Å². The third-order valence-corrected chi connectivity index (χ3v) is 4.86. The van der Waals surface area contributed by atoms with Crippen LogP contribution in [0.3, 0.4) is 0 Å². The van der Waals surface area contributed by atoms with Gasteiger partial charge in [-0.1, -0.05) is 46.1 Å². The predicted octanol–water partition coefficient (Wildman–Crippen LogP) is 5.10. The highest BCUT2D eigenvalue weighted by Gasteiger charge is 2.46. The van der Waals surface area contributed by atoms with E-state index in [0.717, 1.165) is 16.5 Å². The summed E-state index contributed by atoms with van der Waals surface area (Å²) in [7, 11) is 0. The predicted molar refractivity (Wildman–Crippen MR) is 70.2 cm³/mol. The molecule has 1 fully saturated rings. The van der Waals surface area contributed by atoms with Crippen molar-refractivity contribution in [3.05, 3.63) is 33.8 Å². The van der Waals surface area contributed by atoms with Crippen LogP contribution in [0.15, 0.2) is 18.2 Å². The zero-order valence-corrected chi connectivity index (χ0v) is 11.7. The Balaban J connectivity index is 2.21. The second-order valence-corrected chi connectivity index (χ2v) is 6.61. The standard InChI is InChI=1S/C12H13BrCl2/c1-8(13)12(4-5-12)7-9-6-10(14)2-3-11(9)15/h2-3,6,8H,4-5,7H2,1H3. The summed E-state index contributed by atoms with van der Waals surface area (Å²) in [5, 5.41) is 1.60. The van der Waals surface area contributed by atoms with E-state index in [1.165, 1.54) is 18.4 Å². The van der Waals surface area contributed by atoms with Crippen LogP contribution in [-0.4, -0.2) is 4.83 Å². The number of hydrogen-bond donors (Lipinski definition) is 0. The molecule has 0 N–H and O–H groups in total. The van der Waals surface area contributed by atoms with Crippen molar-refractivity contribution < 1.29 is 0 Å². The van der Waals surface area contributed by atoms with E-state index in [1.54, 1.807) is 0 Å². The molecule has 1 atom stereocenters. The third kappa shape index (κ3) is 2.51. The first-order valence-corrected chi connectivity index (χ1v) is 6.79. The molecule has 0 radical (unpaired) electrons.